The van der Waals surface area contributed by atoms with Crippen LogP contribution in [0.1, 0.15) is 25.0 Å². The van der Waals surface area contributed by atoms with Gasteiger partial charge in [0.1, 0.15) is 5.82 Å². The molecule has 0 unspecified atom stereocenters. The molecule has 0 amide bonds. The second kappa shape index (κ2) is 5.59. The van der Waals surface area contributed by atoms with Gasteiger partial charge in [-0.25, -0.2) is 4.39 Å². The number of thioether (sulfide) groups is 1. The number of nitrogens with zero attached hydrogens (tertiary/aromatic N) is 1. The lowest BCUT2D eigenvalue weighted by Gasteiger charge is -2.37. The van der Waals surface area contributed by atoms with Gasteiger partial charge in [0.15, 0.2) is 0 Å². The van der Waals surface area contributed by atoms with Gasteiger partial charge in [0.05, 0.1) is 0 Å². The molecule has 4 heteroatoms. The molecule has 1 heterocycles. The van der Waals surface area contributed by atoms with Gasteiger partial charge in [-0.15, -0.1) is 0 Å². The Bertz CT molecular complexity index is 420. The molecule has 0 atom stereocenters. The summed E-state index contributed by atoms with van der Waals surface area (Å²) in [6.45, 7) is 7.47. The molecule has 0 spiro atoms. The molecule has 2 nitrogen and oxygen atoms in total. The summed E-state index contributed by atoms with van der Waals surface area (Å²) in [5.41, 5.74) is 6.91. The minimum atomic E-state index is -0.129. The number of hydrogen-bond donors (Lipinski definition) is 1. The summed E-state index contributed by atoms with van der Waals surface area (Å²) in [5.74, 6) is 0.988. The first-order chi connectivity index (χ1) is 8.52. The van der Waals surface area contributed by atoms with E-state index in [-0.39, 0.29) is 17.1 Å². The zero-order valence-corrected chi connectivity index (χ0v) is 11.9. The average molecular weight is 268 g/mol. The van der Waals surface area contributed by atoms with E-state index in [1.54, 1.807) is 6.07 Å². The van der Waals surface area contributed by atoms with E-state index in [4.69, 9.17) is 5.73 Å². The van der Waals surface area contributed by atoms with Gasteiger partial charge in [0.2, 0.25) is 0 Å². The van der Waals surface area contributed by atoms with E-state index < -0.39 is 0 Å². The maximum atomic E-state index is 14.1. The fraction of sp³-hybridized carbons (Fsp3) is 0.571. The topological polar surface area (TPSA) is 29.3 Å². The van der Waals surface area contributed by atoms with Crippen LogP contribution in [0.3, 0.4) is 0 Å². The molecule has 1 fully saturated rings. The van der Waals surface area contributed by atoms with Crippen LogP contribution in [0, 0.1) is 5.82 Å². The summed E-state index contributed by atoms with van der Waals surface area (Å²) in [7, 11) is 0. The predicted molar refractivity (Wildman–Crippen MR) is 76.1 cm³/mol. The van der Waals surface area contributed by atoms with Crippen molar-refractivity contribution in [2.75, 3.05) is 18.8 Å². The van der Waals surface area contributed by atoms with Gasteiger partial charge >= 0.3 is 0 Å². The first-order valence-corrected chi connectivity index (χ1v) is 7.33. The zero-order chi connectivity index (χ0) is 13.2. The van der Waals surface area contributed by atoms with Crippen LogP contribution in [-0.2, 0) is 13.1 Å². The molecule has 18 heavy (non-hydrogen) atoms. The second-order valence-electron chi connectivity index (χ2n) is 5.41. The Hall–Kier alpha value is -0.580. The molecule has 100 valence electrons. The highest BCUT2D eigenvalue weighted by Crippen LogP contribution is 2.30. The normalized spacial score (nSPS) is 20.0. The number of hydrogen-bond acceptors (Lipinski definition) is 3. The van der Waals surface area contributed by atoms with E-state index >= 15 is 0 Å². The maximum Gasteiger partial charge on any atom is 0.132 e. The Morgan fingerprint density at radius 2 is 2.11 bits per heavy atom. The third-order valence-electron chi connectivity index (χ3n) is 3.28. The quantitative estimate of drug-likeness (QED) is 0.913. The summed E-state index contributed by atoms with van der Waals surface area (Å²) in [6, 6.07) is 5.52. The Balaban J connectivity index is 2.09. The summed E-state index contributed by atoms with van der Waals surface area (Å²) in [4.78, 5) is 2.33. The SMILES string of the molecule is CC1(C)CN(Cc2cccc(CN)c2F)CCS1. The fourth-order valence-electron chi connectivity index (χ4n) is 2.40. The van der Waals surface area contributed by atoms with Crippen molar-refractivity contribution in [2.24, 2.45) is 5.73 Å². The van der Waals surface area contributed by atoms with Crippen molar-refractivity contribution < 1.29 is 4.39 Å². The molecule has 2 N–H and O–H groups in total. The van der Waals surface area contributed by atoms with Crippen LogP contribution in [0.2, 0.25) is 0 Å². The molecule has 0 saturated carbocycles. The second-order valence-corrected chi connectivity index (χ2v) is 7.22. The van der Waals surface area contributed by atoms with E-state index in [2.05, 4.69) is 18.7 Å². The monoisotopic (exact) mass is 268 g/mol. The van der Waals surface area contributed by atoms with Gasteiger partial charge in [-0.05, 0) is 13.8 Å². The van der Waals surface area contributed by atoms with Crippen LogP contribution in [0.15, 0.2) is 18.2 Å². The molecule has 1 aliphatic heterocycles. The van der Waals surface area contributed by atoms with Crippen LogP contribution in [-0.4, -0.2) is 28.5 Å². The van der Waals surface area contributed by atoms with Crippen LogP contribution >= 0.6 is 11.8 Å². The molecule has 1 aromatic rings. The van der Waals surface area contributed by atoms with Crippen molar-refractivity contribution >= 4 is 11.8 Å². The Morgan fingerprint density at radius 1 is 1.39 bits per heavy atom. The highest BCUT2D eigenvalue weighted by atomic mass is 32.2. The Kier molecular flexibility index (Phi) is 4.30. The smallest absolute Gasteiger partial charge is 0.132 e. The van der Waals surface area contributed by atoms with E-state index in [1.807, 2.05) is 23.9 Å². The van der Waals surface area contributed by atoms with Crippen LogP contribution in [0.4, 0.5) is 4.39 Å². The van der Waals surface area contributed by atoms with E-state index in [0.29, 0.717) is 12.1 Å². The molecule has 0 bridgehead atoms. The van der Waals surface area contributed by atoms with Crippen molar-refractivity contribution in [1.82, 2.24) is 4.90 Å². The van der Waals surface area contributed by atoms with Crippen molar-refractivity contribution in [2.45, 2.75) is 31.7 Å². The third-order valence-corrected chi connectivity index (χ3v) is 4.57. The van der Waals surface area contributed by atoms with Crippen LogP contribution in [0.5, 0.6) is 0 Å². The van der Waals surface area contributed by atoms with Crippen LogP contribution < -0.4 is 5.73 Å². The van der Waals surface area contributed by atoms with E-state index in [9.17, 15) is 4.39 Å². The molecule has 1 aromatic carbocycles. The summed E-state index contributed by atoms with van der Waals surface area (Å²) in [6.07, 6.45) is 0. The highest BCUT2D eigenvalue weighted by molar-refractivity contribution is 8.00. The first-order valence-electron chi connectivity index (χ1n) is 6.34. The molecule has 1 aliphatic rings. The molecule has 0 aromatic heterocycles. The van der Waals surface area contributed by atoms with E-state index in [1.165, 1.54) is 0 Å². The lowest BCUT2D eigenvalue weighted by atomic mass is 10.1. The van der Waals surface area contributed by atoms with Gasteiger partial charge in [0.25, 0.3) is 0 Å². The average Bonchev–Trinajstić information content (AvgIpc) is 2.31. The lowest BCUT2D eigenvalue weighted by molar-refractivity contribution is 0.249. The van der Waals surface area contributed by atoms with Gasteiger partial charge in [-0.1, -0.05) is 18.2 Å². The minimum Gasteiger partial charge on any atom is -0.326 e. The molecule has 0 aliphatic carbocycles. The Labute approximate surface area is 113 Å². The van der Waals surface area contributed by atoms with Crippen molar-refractivity contribution in [1.29, 1.82) is 0 Å². The summed E-state index contributed by atoms with van der Waals surface area (Å²) in [5, 5.41) is 0. The molecular formula is C14H21FN2S. The minimum absolute atomic E-state index is 0.129. The highest BCUT2D eigenvalue weighted by Gasteiger charge is 2.27. The molecular weight excluding hydrogens is 247 g/mol. The number of nitrogens with two attached hydrogens (primary N) is 1. The van der Waals surface area contributed by atoms with Crippen molar-refractivity contribution in [3.63, 3.8) is 0 Å². The lowest BCUT2D eigenvalue weighted by Crippen LogP contribution is -2.42. The maximum absolute atomic E-state index is 14.1. The predicted octanol–water partition coefficient (Wildman–Crippen LogP) is 2.61. The van der Waals surface area contributed by atoms with Gasteiger partial charge in [-0.2, -0.15) is 11.8 Å². The Morgan fingerprint density at radius 3 is 2.78 bits per heavy atom. The van der Waals surface area contributed by atoms with Gasteiger partial charge in [-0.3, -0.25) is 4.90 Å². The number of rotatable bonds is 3. The molecule has 2 rings (SSSR count). The number of benzene rings is 1. The standard InChI is InChI=1S/C14H21FN2S/c1-14(2)10-17(6-7-18-14)9-12-5-3-4-11(8-16)13(12)15/h3-5H,6-10,16H2,1-2H3. The largest absolute Gasteiger partial charge is 0.326 e. The third kappa shape index (κ3) is 3.25. The molecule has 0 radical (unpaired) electrons. The summed E-state index contributed by atoms with van der Waals surface area (Å²) < 4.78 is 14.4. The number of halogens is 1. The van der Waals surface area contributed by atoms with Crippen molar-refractivity contribution in [3.8, 4) is 0 Å². The van der Waals surface area contributed by atoms with Gasteiger partial charge in [0, 0.05) is 47.8 Å². The zero-order valence-electron chi connectivity index (χ0n) is 11.1. The van der Waals surface area contributed by atoms with Gasteiger partial charge < -0.3 is 5.73 Å². The van der Waals surface area contributed by atoms with Crippen molar-refractivity contribution in [3.05, 3.63) is 35.1 Å². The first kappa shape index (κ1) is 13.8. The summed E-state index contributed by atoms with van der Waals surface area (Å²) >= 11 is 1.99. The van der Waals surface area contributed by atoms with Crippen LogP contribution in [0.25, 0.3) is 0 Å². The fourth-order valence-corrected chi connectivity index (χ4v) is 3.58. The van der Waals surface area contributed by atoms with E-state index in [0.717, 1.165) is 24.4 Å². The molecule has 1 saturated heterocycles.